The number of carbonyl (C=O) groups excluding carboxylic acids is 1. The summed E-state index contributed by atoms with van der Waals surface area (Å²) in [5, 5.41) is 4.94. The molecule has 27 heavy (non-hydrogen) atoms. The molecule has 0 saturated heterocycles. The van der Waals surface area contributed by atoms with Crippen molar-refractivity contribution in [3.05, 3.63) is 58.5 Å². The van der Waals surface area contributed by atoms with Crippen LogP contribution in [0.4, 0.5) is 0 Å². The first kappa shape index (κ1) is 17.5. The number of aromatic nitrogens is 3. The summed E-state index contributed by atoms with van der Waals surface area (Å²) in [7, 11) is 0. The fraction of sp³-hybridized carbons (Fsp3) is 0.400. The maximum absolute atomic E-state index is 12.8. The molecule has 140 valence electrons. The van der Waals surface area contributed by atoms with Crippen molar-refractivity contribution < 1.29 is 9.32 Å². The van der Waals surface area contributed by atoms with Gasteiger partial charge in [-0.15, -0.1) is 0 Å². The Kier molecular flexibility index (Phi) is 4.75. The molecule has 0 atom stereocenters. The van der Waals surface area contributed by atoms with E-state index in [1.807, 2.05) is 31.2 Å². The van der Waals surface area contributed by atoms with E-state index in [-0.39, 0.29) is 24.6 Å². The van der Waals surface area contributed by atoms with Gasteiger partial charge in [0.15, 0.2) is 5.82 Å². The third-order valence-electron chi connectivity index (χ3n) is 5.20. The first-order chi connectivity index (χ1) is 13.2. The minimum absolute atomic E-state index is 0.0125. The van der Waals surface area contributed by atoms with Crippen molar-refractivity contribution in [1.29, 1.82) is 0 Å². The predicted molar refractivity (Wildman–Crippen MR) is 100 cm³/mol. The zero-order chi connectivity index (χ0) is 18.8. The van der Waals surface area contributed by atoms with Crippen LogP contribution < -0.4 is 5.56 Å². The van der Waals surface area contributed by atoms with Gasteiger partial charge in [-0.1, -0.05) is 29.8 Å². The number of pyridine rings is 1. The summed E-state index contributed by atoms with van der Waals surface area (Å²) in [5.41, 5.74) is 0.561. The molecule has 1 aromatic carbocycles. The number of hydrogen-bond acceptors (Lipinski definition) is 5. The molecule has 2 heterocycles. The molecule has 1 aliphatic carbocycles. The fourth-order valence-electron chi connectivity index (χ4n) is 3.34. The molecular formula is C20H22N4O3. The van der Waals surface area contributed by atoms with E-state index >= 15 is 0 Å². The van der Waals surface area contributed by atoms with Gasteiger partial charge in [-0.2, -0.15) is 4.98 Å². The maximum Gasteiger partial charge on any atom is 0.251 e. The van der Waals surface area contributed by atoms with Crippen LogP contribution in [0.25, 0.3) is 10.9 Å². The molecule has 0 aliphatic heterocycles. The van der Waals surface area contributed by atoms with Crippen LogP contribution in [0.3, 0.4) is 0 Å². The largest absolute Gasteiger partial charge is 0.339 e. The van der Waals surface area contributed by atoms with Crippen molar-refractivity contribution in [1.82, 2.24) is 19.6 Å². The monoisotopic (exact) mass is 366 g/mol. The lowest BCUT2D eigenvalue weighted by molar-refractivity contribution is -0.132. The lowest BCUT2D eigenvalue weighted by Crippen LogP contribution is -2.36. The summed E-state index contributed by atoms with van der Waals surface area (Å²) in [6.07, 6.45) is 3.37. The van der Waals surface area contributed by atoms with Crippen LogP contribution in [0.5, 0.6) is 0 Å². The number of amides is 1. The summed E-state index contributed by atoms with van der Waals surface area (Å²) in [6.45, 7) is 2.68. The minimum Gasteiger partial charge on any atom is -0.339 e. The molecule has 0 bridgehead atoms. The lowest BCUT2D eigenvalue weighted by Gasteiger charge is -2.21. The zero-order valence-electron chi connectivity index (χ0n) is 15.3. The van der Waals surface area contributed by atoms with Crippen LogP contribution >= 0.6 is 0 Å². The standard InChI is InChI=1S/C20H22N4O3/c1-2-23(12-17-21-20(27-22-17)15-7-5-8-15)19(26)13-24-16-9-4-3-6-14(16)10-11-18(24)25/h3-4,6,9-11,15H,2,5,7-8,12-13H2,1H3. The Morgan fingerprint density at radius 1 is 1.26 bits per heavy atom. The second kappa shape index (κ2) is 7.34. The Morgan fingerprint density at radius 2 is 2.07 bits per heavy atom. The van der Waals surface area contributed by atoms with Crippen molar-refractivity contribution in [2.45, 2.75) is 45.2 Å². The summed E-state index contributed by atoms with van der Waals surface area (Å²) < 4.78 is 6.84. The Morgan fingerprint density at radius 3 is 2.81 bits per heavy atom. The second-order valence-electron chi connectivity index (χ2n) is 6.90. The maximum atomic E-state index is 12.8. The van der Waals surface area contributed by atoms with Crippen molar-refractivity contribution in [2.75, 3.05) is 6.54 Å². The molecule has 1 amide bonds. The molecule has 0 radical (unpaired) electrons. The molecular weight excluding hydrogens is 344 g/mol. The number of likely N-dealkylation sites (N-methyl/N-ethyl adjacent to an activating group) is 1. The van der Waals surface area contributed by atoms with Crippen LogP contribution in [0.15, 0.2) is 45.7 Å². The van der Waals surface area contributed by atoms with Gasteiger partial charge < -0.3 is 9.42 Å². The number of nitrogens with zero attached hydrogens (tertiary/aromatic N) is 4. The molecule has 3 aromatic rings. The first-order valence-corrected chi connectivity index (χ1v) is 9.34. The van der Waals surface area contributed by atoms with E-state index in [2.05, 4.69) is 10.1 Å². The molecule has 2 aromatic heterocycles. The van der Waals surface area contributed by atoms with Crippen LogP contribution in [-0.4, -0.2) is 32.1 Å². The van der Waals surface area contributed by atoms with Crippen LogP contribution in [0.1, 0.15) is 43.8 Å². The third kappa shape index (κ3) is 3.49. The number of carbonyl (C=O) groups is 1. The fourth-order valence-corrected chi connectivity index (χ4v) is 3.34. The van der Waals surface area contributed by atoms with Gasteiger partial charge in [0, 0.05) is 18.5 Å². The molecule has 1 fully saturated rings. The number of hydrogen-bond donors (Lipinski definition) is 0. The third-order valence-corrected chi connectivity index (χ3v) is 5.20. The van der Waals surface area contributed by atoms with Crippen LogP contribution in [-0.2, 0) is 17.9 Å². The molecule has 4 rings (SSSR count). The summed E-state index contributed by atoms with van der Waals surface area (Å²) in [6, 6.07) is 10.8. The number of benzene rings is 1. The van der Waals surface area contributed by atoms with Crippen molar-refractivity contribution in [3.63, 3.8) is 0 Å². The number of para-hydroxylation sites is 1. The smallest absolute Gasteiger partial charge is 0.251 e. The topological polar surface area (TPSA) is 81.2 Å². The Hall–Kier alpha value is -2.96. The van der Waals surface area contributed by atoms with Crippen molar-refractivity contribution in [2.24, 2.45) is 0 Å². The highest BCUT2D eigenvalue weighted by Crippen LogP contribution is 2.35. The van der Waals surface area contributed by atoms with Gasteiger partial charge in [0.25, 0.3) is 5.56 Å². The van der Waals surface area contributed by atoms with E-state index in [0.29, 0.717) is 24.2 Å². The van der Waals surface area contributed by atoms with Gasteiger partial charge in [0.2, 0.25) is 11.8 Å². The number of fused-ring (bicyclic) bond motifs is 1. The summed E-state index contributed by atoms with van der Waals surface area (Å²) >= 11 is 0. The SMILES string of the molecule is CCN(Cc1noc(C2CCC2)n1)C(=O)Cn1c(=O)ccc2ccccc21. The summed E-state index contributed by atoms with van der Waals surface area (Å²) in [4.78, 5) is 31.2. The first-order valence-electron chi connectivity index (χ1n) is 9.34. The van der Waals surface area contributed by atoms with Crippen LogP contribution in [0, 0.1) is 0 Å². The predicted octanol–water partition coefficient (Wildman–Crippen LogP) is 2.70. The summed E-state index contributed by atoms with van der Waals surface area (Å²) in [5.74, 6) is 1.40. The second-order valence-corrected chi connectivity index (χ2v) is 6.90. The van der Waals surface area contributed by atoms with Gasteiger partial charge in [-0.05, 0) is 37.3 Å². The Labute approximate surface area is 156 Å². The highest BCUT2D eigenvalue weighted by molar-refractivity contribution is 5.82. The molecule has 0 N–H and O–H groups in total. The van der Waals surface area contributed by atoms with Crippen LogP contribution in [0.2, 0.25) is 0 Å². The molecule has 7 heteroatoms. The van der Waals surface area contributed by atoms with E-state index < -0.39 is 0 Å². The highest BCUT2D eigenvalue weighted by Gasteiger charge is 2.26. The Bertz CT molecular complexity index is 1020. The quantitative estimate of drug-likeness (QED) is 0.670. The van der Waals surface area contributed by atoms with Crippen molar-refractivity contribution >= 4 is 16.8 Å². The zero-order valence-corrected chi connectivity index (χ0v) is 15.3. The van der Waals surface area contributed by atoms with Gasteiger partial charge in [0.05, 0.1) is 12.1 Å². The Balaban J connectivity index is 1.52. The molecule has 0 unspecified atom stereocenters. The normalized spacial score (nSPS) is 14.3. The minimum atomic E-state index is -0.190. The lowest BCUT2D eigenvalue weighted by atomic mass is 9.85. The molecule has 1 aliphatic rings. The van der Waals surface area contributed by atoms with Crippen molar-refractivity contribution in [3.8, 4) is 0 Å². The number of rotatable bonds is 6. The van der Waals surface area contributed by atoms with E-state index in [4.69, 9.17) is 4.52 Å². The molecule has 0 spiro atoms. The van der Waals surface area contributed by atoms with E-state index in [1.165, 1.54) is 17.1 Å². The van der Waals surface area contributed by atoms with Gasteiger partial charge in [-0.25, -0.2) is 0 Å². The highest BCUT2D eigenvalue weighted by atomic mass is 16.5. The van der Waals surface area contributed by atoms with E-state index in [0.717, 1.165) is 23.7 Å². The van der Waals surface area contributed by atoms with E-state index in [9.17, 15) is 9.59 Å². The average molecular weight is 366 g/mol. The van der Waals surface area contributed by atoms with Gasteiger partial charge in [-0.3, -0.25) is 14.2 Å². The van der Waals surface area contributed by atoms with Gasteiger partial charge in [0.1, 0.15) is 6.54 Å². The molecule has 7 nitrogen and oxygen atoms in total. The van der Waals surface area contributed by atoms with E-state index in [1.54, 1.807) is 11.0 Å². The van der Waals surface area contributed by atoms with Gasteiger partial charge >= 0.3 is 0 Å². The average Bonchev–Trinajstić information content (AvgIpc) is 3.08. The molecule has 1 saturated carbocycles.